The van der Waals surface area contributed by atoms with Crippen LogP contribution in [0.15, 0.2) is 29.6 Å². The third-order valence-corrected chi connectivity index (χ3v) is 4.77. The summed E-state index contributed by atoms with van der Waals surface area (Å²) in [6.45, 7) is 4.15. The summed E-state index contributed by atoms with van der Waals surface area (Å²) < 4.78 is 10.6. The van der Waals surface area contributed by atoms with Crippen LogP contribution in [0.3, 0.4) is 0 Å². The van der Waals surface area contributed by atoms with Crippen LogP contribution in [-0.4, -0.2) is 48.9 Å². The highest BCUT2D eigenvalue weighted by molar-refractivity contribution is 7.09. The number of carbonyl (C=O) groups excluding carboxylic acids is 1. The fraction of sp³-hybridized carbons (Fsp3) is 0.412. The van der Waals surface area contributed by atoms with Crippen molar-refractivity contribution < 1.29 is 14.3 Å². The molecule has 1 N–H and O–H groups in total. The molecule has 1 aliphatic rings. The Hall–Kier alpha value is -1.96. The minimum absolute atomic E-state index is 0.00547. The zero-order valence-corrected chi connectivity index (χ0v) is 14.6. The smallest absolute Gasteiger partial charge is 0.254 e. The lowest BCUT2D eigenvalue weighted by molar-refractivity contribution is -0.157. The third-order valence-electron chi connectivity index (χ3n) is 3.80. The largest absolute Gasteiger partial charge is 0.379 e. The molecule has 6 nitrogen and oxygen atoms in total. The average molecular weight is 347 g/mol. The summed E-state index contributed by atoms with van der Waals surface area (Å²) in [4.78, 5) is 18.9. The molecule has 0 radical (unpaired) electrons. The number of aromatic nitrogens is 1. The Morgan fingerprint density at radius 2 is 2.42 bits per heavy atom. The highest BCUT2D eigenvalue weighted by Gasteiger charge is 2.24. The van der Waals surface area contributed by atoms with Crippen LogP contribution >= 0.6 is 11.3 Å². The van der Waals surface area contributed by atoms with Crippen LogP contribution in [0.4, 0.5) is 5.69 Å². The predicted molar refractivity (Wildman–Crippen MR) is 93.3 cm³/mol. The van der Waals surface area contributed by atoms with Gasteiger partial charge in [0.2, 0.25) is 0 Å². The van der Waals surface area contributed by atoms with Crippen molar-refractivity contribution in [2.75, 3.05) is 32.1 Å². The van der Waals surface area contributed by atoms with Crippen LogP contribution in [0.1, 0.15) is 21.1 Å². The van der Waals surface area contributed by atoms with Gasteiger partial charge in [-0.15, -0.1) is 11.3 Å². The number of aryl methyl sites for hydroxylation is 1. The number of hydrogen-bond donors (Lipinski definition) is 1. The molecule has 1 aliphatic heterocycles. The van der Waals surface area contributed by atoms with Crippen LogP contribution in [0.5, 0.6) is 0 Å². The van der Waals surface area contributed by atoms with Gasteiger partial charge in [0.1, 0.15) is 5.01 Å². The van der Waals surface area contributed by atoms with E-state index in [2.05, 4.69) is 10.3 Å². The van der Waals surface area contributed by atoms with Gasteiger partial charge in [-0.05, 0) is 25.1 Å². The van der Waals surface area contributed by atoms with Crippen LogP contribution < -0.4 is 5.32 Å². The second-order valence-electron chi connectivity index (χ2n) is 5.60. The molecule has 1 unspecified atom stereocenters. The van der Waals surface area contributed by atoms with Gasteiger partial charge in [0.15, 0.2) is 6.29 Å². The number of ether oxygens (including phenoxy) is 2. The van der Waals surface area contributed by atoms with E-state index in [-0.39, 0.29) is 12.2 Å². The minimum atomic E-state index is -0.350. The number of nitrogens with zero attached hydrogens (tertiary/aromatic N) is 2. The first-order valence-corrected chi connectivity index (χ1v) is 8.72. The van der Waals surface area contributed by atoms with Gasteiger partial charge < -0.3 is 19.7 Å². The number of carbonyl (C=O) groups is 1. The van der Waals surface area contributed by atoms with Gasteiger partial charge in [0, 0.05) is 36.0 Å². The highest BCUT2D eigenvalue weighted by atomic mass is 32.1. The number of rotatable bonds is 5. The number of hydrogen-bond acceptors (Lipinski definition) is 6. The Morgan fingerprint density at radius 1 is 1.54 bits per heavy atom. The van der Waals surface area contributed by atoms with Gasteiger partial charge in [-0.1, -0.05) is 6.07 Å². The zero-order chi connectivity index (χ0) is 16.9. The van der Waals surface area contributed by atoms with Crippen molar-refractivity contribution in [1.82, 2.24) is 9.88 Å². The number of amides is 1. The lowest BCUT2D eigenvalue weighted by Crippen LogP contribution is -2.46. The third kappa shape index (κ3) is 4.11. The van der Waals surface area contributed by atoms with Crippen molar-refractivity contribution in [2.45, 2.75) is 19.8 Å². The van der Waals surface area contributed by atoms with Gasteiger partial charge in [0.25, 0.3) is 5.91 Å². The summed E-state index contributed by atoms with van der Waals surface area (Å²) >= 11 is 1.63. The number of anilines is 1. The minimum Gasteiger partial charge on any atom is -0.379 e. The summed E-state index contributed by atoms with van der Waals surface area (Å²) in [6, 6.07) is 7.55. The molecule has 3 rings (SSSR count). The second-order valence-corrected chi connectivity index (χ2v) is 6.55. The maximum absolute atomic E-state index is 12.7. The normalized spacial score (nSPS) is 17.8. The molecule has 7 heteroatoms. The Morgan fingerprint density at radius 3 is 3.17 bits per heavy atom. The molecule has 1 saturated heterocycles. The molecular formula is C17H21N3O3S. The van der Waals surface area contributed by atoms with Crippen LogP contribution in [0, 0.1) is 6.92 Å². The number of thiazole rings is 1. The summed E-state index contributed by atoms with van der Waals surface area (Å²) in [5.41, 5.74) is 2.60. The van der Waals surface area contributed by atoms with Crippen LogP contribution in [0.25, 0.3) is 0 Å². The van der Waals surface area contributed by atoms with Crippen molar-refractivity contribution in [2.24, 2.45) is 0 Å². The van der Waals surface area contributed by atoms with Gasteiger partial charge in [0.05, 0.1) is 19.7 Å². The van der Waals surface area contributed by atoms with E-state index in [4.69, 9.17) is 9.47 Å². The highest BCUT2D eigenvalue weighted by Crippen LogP contribution is 2.17. The number of nitrogens with one attached hydrogen (secondary N) is 1. The fourth-order valence-corrected chi connectivity index (χ4v) is 3.26. The van der Waals surface area contributed by atoms with Crippen LogP contribution in [0.2, 0.25) is 0 Å². The van der Waals surface area contributed by atoms with E-state index in [0.717, 1.165) is 16.4 Å². The van der Waals surface area contributed by atoms with Crippen molar-refractivity contribution in [3.05, 3.63) is 45.9 Å². The Bertz CT molecular complexity index is 704. The molecule has 2 heterocycles. The molecule has 1 aromatic heterocycles. The molecule has 0 aliphatic carbocycles. The van der Waals surface area contributed by atoms with Gasteiger partial charge in [-0.25, -0.2) is 4.98 Å². The molecule has 0 bridgehead atoms. The first kappa shape index (κ1) is 16.9. The maximum atomic E-state index is 12.7. The topological polar surface area (TPSA) is 63.7 Å². The molecule has 0 saturated carbocycles. The van der Waals surface area contributed by atoms with Crippen molar-refractivity contribution in [3.8, 4) is 0 Å². The van der Waals surface area contributed by atoms with E-state index in [1.165, 1.54) is 0 Å². The van der Waals surface area contributed by atoms with E-state index in [1.807, 2.05) is 36.6 Å². The monoisotopic (exact) mass is 347 g/mol. The molecular weight excluding hydrogens is 326 g/mol. The van der Waals surface area contributed by atoms with Crippen LogP contribution in [-0.2, 0) is 16.0 Å². The number of benzene rings is 1. The summed E-state index contributed by atoms with van der Waals surface area (Å²) in [5, 5.41) is 6.38. The zero-order valence-electron chi connectivity index (χ0n) is 13.8. The van der Waals surface area contributed by atoms with Gasteiger partial charge in [-0.2, -0.15) is 0 Å². The molecule has 0 spiro atoms. The predicted octanol–water partition coefficient (Wildman–Crippen LogP) is 2.51. The average Bonchev–Trinajstić information content (AvgIpc) is 3.05. The van der Waals surface area contributed by atoms with E-state index in [1.54, 1.807) is 23.3 Å². The summed E-state index contributed by atoms with van der Waals surface area (Å²) in [6.07, 6.45) is -0.350. The molecule has 2 aromatic rings. The lowest BCUT2D eigenvalue weighted by Gasteiger charge is -2.32. The van der Waals surface area contributed by atoms with Crippen molar-refractivity contribution in [3.63, 3.8) is 0 Å². The Labute approximate surface area is 145 Å². The Kier molecular flexibility index (Phi) is 5.44. The fourth-order valence-electron chi connectivity index (χ4n) is 2.55. The first-order valence-electron chi connectivity index (χ1n) is 7.84. The van der Waals surface area contributed by atoms with Crippen molar-refractivity contribution >= 4 is 22.9 Å². The Balaban J connectivity index is 1.64. The van der Waals surface area contributed by atoms with Gasteiger partial charge in [-0.3, -0.25) is 4.79 Å². The molecule has 1 fully saturated rings. The summed E-state index contributed by atoms with van der Waals surface area (Å²) in [7, 11) is 1.59. The molecule has 1 amide bonds. The first-order chi connectivity index (χ1) is 11.7. The van der Waals surface area contributed by atoms with Gasteiger partial charge >= 0.3 is 0 Å². The molecule has 24 heavy (non-hydrogen) atoms. The molecule has 128 valence electrons. The van der Waals surface area contributed by atoms with E-state index < -0.39 is 0 Å². The van der Waals surface area contributed by atoms with E-state index in [0.29, 0.717) is 31.8 Å². The number of methoxy groups -OCH3 is 1. The quantitative estimate of drug-likeness (QED) is 0.900. The van der Waals surface area contributed by atoms with E-state index in [9.17, 15) is 4.79 Å². The standard InChI is InChI=1S/C17H21N3O3S/c1-12-11-24-15(19-12)9-18-14-5-3-4-13(8-14)17(21)20-6-7-23-16(10-20)22-2/h3-5,8,11,16,18H,6-7,9-10H2,1-2H3. The molecule has 1 aromatic carbocycles. The SMILES string of the molecule is COC1CN(C(=O)c2cccc(NCc3nc(C)cs3)c2)CCO1. The van der Waals surface area contributed by atoms with E-state index >= 15 is 0 Å². The maximum Gasteiger partial charge on any atom is 0.254 e. The molecule has 1 atom stereocenters. The second kappa shape index (κ2) is 7.74. The van der Waals surface area contributed by atoms with Crippen molar-refractivity contribution in [1.29, 1.82) is 0 Å². The lowest BCUT2D eigenvalue weighted by atomic mass is 10.1. The summed E-state index contributed by atoms with van der Waals surface area (Å²) in [5.74, 6) is -0.00547. The number of morpholine rings is 1.